The maximum atomic E-state index is 12.3. The van der Waals surface area contributed by atoms with E-state index in [1.807, 2.05) is 0 Å². The highest BCUT2D eigenvalue weighted by Crippen LogP contribution is 2.32. The van der Waals surface area contributed by atoms with Gasteiger partial charge in [0.25, 0.3) is 0 Å². The fourth-order valence-electron chi connectivity index (χ4n) is 2.69. The molecule has 24 heavy (non-hydrogen) atoms. The summed E-state index contributed by atoms with van der Waals surface area (Å²) in [5.74, 6) is 0.0673. The Kier molecular flexibility index (Phi) is 6.22. The van der Waals surface area contributed by atoms with Crippen LogP contribution in [-0.2, 0) is 32.8 Å². The van der Waals surface area contributed by atoms with E-state index in [9.17, 15) is 13.2 Å². The Morgan fingerprint density at radius 2 is 2.00 bits per heavy atom. The molecule has 2 aliphatic rings. The average Bonchev–Trinajstić information content (AvgIpc) is 3.27. The van der Waals surface area contributed by atoms with Crippen LogP contribution in [0.1, 0.15) is 24.0 Å². The van der Waals surface area contributed by atoms with E-state index >= 15 is 0 Å². The summed E-state index contributed by atoms with van der Waals surface area (Å²) in [5.41, 5.74) is 7.49. The molecule has 1 fully saturated rings. The van der Waals surface area contributed by atoms with E-state index in [0.717, 1.165) is 24.0 Å². The second-order valence-corrected chi connectivity index (χ2v) is 7.76. The first-order valence-electron chi connectivity index (χ1n) is 7.68. The van der Waals surface area contributed by atoms with Gasteiger partial charge in [-0.25, -0.2) is 13.1 Å². The SMILES string of the molecule is Cl.NCC(NC(=O)CNS(=O)(=O)c1ccc2c(c1)COC2)C1CC1. The predicted octanol–water partition coefficient (Wildman–Crippen LogP) is 0.270. The standard InChI is InChI=1S/C15H21N3O4S.ClH/c16-6-14(10-1-2-10)18-15(19)7-17-23(20,21)13-4-3-11-8-22-9-12(11)5-13;/h3-5,10,14,17H,1-2,6-9,16H2,(H,18,19);1H. The fourth-order valence-corrected chi connectivity index (χ4v) is 3.72. The molecule has 0 aromatic heterocycles. The van der Waals surface area contributed by atoms with E-state index in [2.05, 4.69) is 10.0 Å². The first-order valence-corrected chi connectivity index (χ1v) is 9.16. The molecule has 1 atom stereocenters. The minimum Gasteiger partial charge on any atom is -0.372 e. The normalized spacial score (nSPS) is 17.7. The molecule has 0 bridgehead atoms. The molecule has 1 aromatic carbocycles. The highest BCUT2D eigenvalue weighted by Gasteiger charge is 2.31. The summed E-state index contributed by atoms with van der Waals surface area (Å²) in [4.78, 5) is 12.0. The molecule has 0 radical (unpaired) electrons. The topological polar surface area (TPSA) is 111 Å². The van der Waals surface area contributed by atoms with Gasteiger partial charge in [0.05, 0.1) is 24.7 Å². The van der Waals surface area contributed by atoms with Gasteiger partial charge in [0, 0.05) is 12.6 Å². The van der Waals surface area contributed by atoms with Gasteiger partial charge in [-0.2, -0.15) is 0 Å². The van der Waals surface area contributed by atoms with Crippen molar-refractivity contribution in [3.8, 4) is 0 Å². The highest BCUT2D eigenvalue weighted by molar-refractivity contribution is 7.89. The van der Waals surface area contributed by atoms with Crippen molar-refractivity contribution in [1.29, 1.82) is 0 Å². The Labute approximate surface area is 147 Å². The molecular formula is C15H22ClN3O4S. The Morgan fingerprint density at radius 1 is 1.29 bits per heavy atom. The van der Waals surface area contributed by atoms with Crippen molar-refractivity contribution in [3.63, 3.8) is 0 Å². The Bertz CT molecular complexity index is 707. The lowest BCUT2D eigenvalue weighted by atomic mass is 10.1. The highest BCUT2D eigenvalue weighted by atomic mass is 35.5. The minimum absolute atomic E-state index is 0. The number of fused-ring (bicyclic) bond motifs is 1. The molecule has 1 aliphatic heterocycles. The summed E-state index contributed by atoms with van der Waals surface area (Å²) in [7, 11) is -3.72. The molecule has 1 heterocycles. The third kappa shape index (κ3) is 4.46. The molecule has 1 aromatic rings. The van der Waals surface area contributed by atoms with Crippen molar-refractivity contribution in [2.45, 2.75) is 37.0 Å². The number of nitrogens with one attached hydrogen (secondary N) is 2. The smallest absolute Gasteiger partial charge is 0.241 e. The monoisotopic (exact) mass is 375 g/mol. The van der Waals surface area contributed by atoms with Gasteiger partial charge >= 0.3 is 0 Å². The number of halogens is 1. The van der Waals surface area contributed by atoms with Gasteiger partial charge in [0.1, 0.15) is 0 Å². The zero-order valence-electron chi connectivity index (χ0n) is 13.2. The quantitative estimate of drug-likeness (QED) is 0.633. The maximum Gasteiger partial charge on any atom is 0.241 e. The number of hydrogen-bond acceptors (Lipinski definition) is 5. The summed E-state index contributed by atoms with van der Waals surface area (Å²) in [6, 6.07) is 4.80. The number of carbonyl (C=O) groups excluding carboxylic acids is 1. The van der Waals surface area contributed by atoms with Crippen LogP contribution < -0.4 is 15.8 Å². The van der Waals surface area contributed by atoms with E-state index in [0.29, 0.717) is 25.7 Å². The number of nitrogens with two attached hydrogens (primary N) is 1. The van der Waals surface area contributed by atoms with Gasteiger partial charge in [-0.15, -0.1) is 12.4 Å². The van der Waals surface area contributed by atoms with Gasteiger partial charge in [0.2, 0.25) is 15.9 Å². The molecule has 1 saturated carbocycles. The number of ether oxygens (including phenoxy) is 1. The first kappa shape index (κ1) is 19.1. The molecule has 3 rings (SSSR count). The van der Waals surface area contributed by atoms with Gasteiger partial charge in [-0.05, 0) is 42.0 Å². The number of hydrogen-bond donors (Lipinski definition) is 3. The summed E-state index contributed by atoms with van der Waals surface area (Å²) in [5, 5.41) is 2.78. The molecule has 1 amide bonds. The van der Waals surface area contributed by atoms with Crippen molar-refractivity contribution in [2.75, 3.05) is 13.1 Å². The van der Waals surface area contributed by atoms with Crippen LogP contribution in [0.25, 0.3) is 0 Å². The van der Waals surface area contributed by atoms with Crippen molar-refractivity contribution < 1.29 is 17.9 Å². The van der Waals surface area contributed by atoms with Crippen molar-refractivity contribution in [3.05, 3.63) is 29.3 Å². The van der Waals surface area contributed by atoms with Crippen LogP contribution in [0.4, 0.5) is 0 Å². The number of benzene rings is 1. The Balaban J connectivity index is 0.00000208. The van der Waals surface area contributed by atoms with Crippen LogP contribution in [0.3, 0.4) is 0 Å². The Hall–Kier alpha value is -1.19. The van der Waals surface area contributed by atoms with Gasteiger partial charge < -0.3 is 15.8 Å². The van der Waals surface area contributed by atoms with Crippen LogP contribution in [0.15, 0.2) is 23.1 Å². The third-order valence-corrected chi connectivity index (χ3v) is 5.62. The number of carbonyl (C=O) groups is 1. The van der Waals surface area contributed by atoms with Crippen molar-refractivity contribution >= 4 is 28.3 Å². The van der Waals surface area contributed by atoms with E-state index < -0.39 is 10.0 Å². The van der Waals surface area contributed by atoms with Crippen LogP contribution >= 0.6 is 12.4 Å². The molecule has 9 heteroatoms. The minimum atomic E-state index is -3.72. The number of amides is 1. The molecule has 0 saturated heterocycles. The molecular weight excluding hydrogens is 354 g/mol. The summed E-state index contributed by atoms with van der Waals surface area (Å²) in [6.07, 6.45) is 2.12. The lowest BCUT2D eigenvalue weighted by Crippen LogP contribution is -2.46. The molecule has 1 aliphatic carbocycles. The summed E-state index contributed by atoms with van der Waals surface area (Å²) >= 11 is 0. The molecule has 0 spiro atoms. The fraction of sp³-hybridized carbons (Fsp3) is 0.533. The van der Waals surface area contributed by atoms with Crippen LogP contribution in [0.2, 0.25) is 0 Å². The molecule has 4 N–H and O–H groups in total. The lowest BCUT2D eigenvalue weighted by molar-refractivity contribution is -0.120. The largest absolute Gasteiger partial charge is 0.372 e. The summed E-state index contributed by atoms with van der Waals surface area (Å²) < 4.78 is 32.2. The van der Waals surface area contributed by atoms with Gasteiger partial charge in [-0.3, -0.25) is 4.79 Å². The van der Waals surface area contributed by atoms with E-state index in [1.165, 1.54) is 6.07 Å². The van der Waals surface area contributed by atoms with Gasteiger partial charge in [-0.1, -0.05) is 6.07 Å². The molecule has 134 valence electrons. The van der Waals surface area contributed by atoms with E-state index in [4.69, 9.17) is 10.5 Å². The summed E-state index contributed by atoms with van der Waals surface area (Å²) in [6.45, 7) is 0.999. The predicted molar refractivity (Wildman–Crippen MR) is 91.1 cm³/mol. The number of rotatable bonds is 7. The molecule has 7 nitrogen and oxygen atoms in total. The maximum absolute atomic E-state index is 12.3. The lowest BCUT2D eigenvalue weighted by Gasteiger charge is -2.16. The zero-order valence-corrected chi connectivity index (χ0v) is 14.8. The van der Waals surface area contributed by atoms with Crippen molar-refractivity contribution in [1.82, 2.24) is 10.0 Å². The van der Waals surface area contributed by atoms with E-state index in [1.54, 1.807) is 12.1 Å². The zero-order chi connectivity index (χ0) is 16.4. The van der Waals surface area contributed by atoms with E-state index in [-0.39, 0.29) is 35.8 Å². The first-order chi connectivity index (χ1) is 11.0. The Morgan fingerprint density at radius 3 is 2.67 bits per heavy atom. The van der Waals surface area contributed by atoms with Crippen LogP contribution in [0, 0.1) is 5.92 Å². The van der Waals surface area contributed by atoms with Crippen LogP contribution in [0.5, 0.6) is 0 Å². The third-order valence-electron chi connectivity index (χ3n) is 4.22. The second kappa shape index (κ2) is 7.79. The number of sulfonamides is 1. The molecule has 1 unspecified atom stereocenters. The van der Waals surface area contributed by atoms with Crippen LogP contribution in [-0.4, -0.2) is 33.5 Å². The second-order valence-electron chi connectivity index (χ2n) is 6.00. The van der Waals surface area contributed by atoms with Crippen molar-refractivity contribution in [2.24, 2.45) is 11.7 Å². The average molecular weight is 376 g/mol. The van der Waals surface area contributed by atoms with Gasteiger partial charge in [0.15, 0.2) is 0 Å².